The van der Waals surface area contributed by atoms with Gasteiger partial charge in [-0.3, -0.25) is 9.59 Å². The van der Waals surface area contributed by atoms with E-state index in [0.29, 0.717) is 17.1 Å². The molecule has 0 saturated heterocycles. The topological polar surface area (TPSA) is 126 Å². The van der Waals surface area contributed by atoms with Crippen LogP contribution in [-0.4, -0.2) is 47.6 Å². The van der Waals surface area contributed by atoms with Crippen molar-refractivity contribution in [3.63, 3.8) is 0 Å². The maximum absolute atomic E-state index is 13.8. The number of carbonyl (C=O) groups excluding carboxylic acids is 2. The summed E-state index contributed by atoms with van der Waals surface area (Å²) in [5.74, 6) is 0.747. The van der Waals surface area contributed by atoms with Gasteiger partial charge in [0.2, 0.25) is 17.6 Å². The molecule has 0 radical (unpaired) electrons. The van der Waals surface area contributed by atoms with Crippen LogP contribution in [0.2, 0.25) is 0 Å². The van der Waals surface area contributed by atoms with E-state index in [0.717, 1.165) is 5.56 Å². The highest BCUT2D eigenvalue weighted by atomic mass is 16.3. The number of amides is 2. The van der Waals surface area contributed by atoms with Crippen LogP contribution in [0.25, 0.3) is 11.6 Å². The van der Waals surface area contributed by atoms with E-state index in [1.54, 1.807) is 24.3 Å². The van der Waals surface area contributed by atoms with Crippen LogP contribution in [0.5, 0.6) is 5.75 Å². The Morgan fingerprint density at radius 2 is 1.76 bits per heavy atom. The third-order valence-corrected chi connectivity index (χ3v) is 5.47. The van der Waals surface area contributed by atoms with Crippen LogP contribution in [0.15, 0.2) is 71.1 Å². The number of nitrogens with one attached hydrogen (secondary N) is 1. The maximum atomic E-state index is 13.8. The Morgan fingerprint density at radius 3 is 2.38 bits per heavy atom. The zero-order valence-electron chi connectivity index (χ0n) is 21.3. The van der Waals surface area contributed by atoms with E-state index < -0.39 is 11.6 Å². The first-order chi connectivity index (χ1) is 17.6. The number of hydrogen-bond acceptors (Lipinski definition) is 7. The molecule has 10 nitrogen and oxygen atoms in total. The zero-order valence-corrected chi connectivity index (χ0v) is 21.3. The van der Waals surface area contributed by atoms with Crippen LogP contribution >= 0.6 is 0 Å². The quantitative estimate of drug-likeness (QED) is 0.377. The molecule has 37 heavy (non-hydrogen) atoms. The summed E-state index contributed by atoms with van der Waals surface area (Å²) in [5.41, 5.74) is 0.876. The number of phenolic OH excluding ortho intramolecular Hbond substituents is 1. The van der Waals surface area contributed by atoms with Gasteiger partial charge in [0, 0.05) is 12.1 Å². The standard InChI is InChI=1S/C27H30N6O4/c1-18-10-15-22(37-18)25-29-31-33(30-25)17-23(35)32(16-19-8-6-5-7-9-19)24(26(36)28-27(2,3)4)20-11-13-21(34)14-12-20/h5-15,24,34H,16-17H2,1-4H3,(H,28,36)/t24-/m0/s1. The van der Waals surface area contributed by atoms with Gasteiger partial charge < -0.3 is 19.7 Å². The fraction of sp³-hybridized carbons (Fsp3) is 0.296. The van der Waals surface area contributed by atoms with E-state index in [-0.39, 0.29) is 36.5 Å². The molecule has 2 heterocycles. The van der Waals surface area contributed by atoms with E-state index in [1.165, 1.54) is 21.8 Å². The van der Waals surface area contributed by atoms with E-state index in [4.69, 9.17) is 4.42 Å². The molecule has 0 unspecified atom stereocenters. The number of furan rings is 1. The van der Waals surface area contributed by atoms with Gasteiger partial charge in [-0.1, -0.05) is 42.5 Å². The number of benzene rings is 2. The zero-order chi connectivity index (χ0) is 26.6. The van der Waals surface area contributed by atoms with Gasteiger partial charge >= 0.3 is 0 Å². The summed E-state index contributed by atoms with van der Waals surface area (Å²) in [4.78, 5) is 30.0. The number of carbonyl (C=O) groups is 2. The minimum Gasteiger partial charge on any atom is -0.508 e. The van der Waals surface area contributed by atoms with E-state index in [1.807, 2.05) is 58.0 Å². The predicted octanol–water partition coefficient (Wildman–Crippen LogP) is 3.63. The Balaban J connectivity index is 1.69. The molecule has 0 fully saturated rings. The number of hydrogen-bond donors (Lipinski definition) is 2. The molecule has 2 amide bonds. The molecule has 192 valence electrons. The number of aryl methyl sites for hydroxylation is 1. The van der Waals surface area contributed by atoms with Crippen molar-refractivity contribution in [3.05, 3.63) is 83.6 Å². The summed E-state index contributed by atoms with van der Waals surface area (Å²) < 4.78 is 5.55. The highest BCUT2D eigenvalue weighted by Crippen LogP contribution is 2.27. The summed E-state index contributed by atoms with van der Waals surface area (Å²) in [6.45, 7) is 7.36. The third-order valence-electron chi connectivity index (χ3n) is 5.47. The summed E-state index contributed by atoms with van der Waals surface area (Å²) in [5, 5.41) is 25.1. The Kier molecular flexibility index (Phi) is 7.37. The Labute approximate surface area is 214 Å². The van der Waals surface area contributed by atoms with Gasteiger partial charge in [0.1, 0.15) is 24.1 Å². The second kappa shape index (κ2) is 10.7. The van der Waals surface area contributed by atoms with E-state index >= 15 is 0 Å². The molecule has 2 aromatic heterocycles. The van der Waals surface area contributed by atoms with Crippen molar-refractivity contribution in [2.24, 2.45) is 0 Å². The van der Waals surface area contributed by atoms with Crippen LogP contribution in [0, 0.1) is 6.92 Å². The van der Waals surface area contributed by atoms with Crippen molar-refractivity contribution < 1.29 is 19.1 Å². The SMILES string of the molecule is Cc1ccc(-c2nnn(CC(=O)N(Cc3ccccc3)[C@H](C(=O)NC(C)(C)C)c3ccc(O)cc3)n2)o1. The van der Waals surface area contributed by atoms with Crippen molar-refractivity contribution in [1.82, 2.24) is 30.4 Å². The van der Waals surface area contributed by atoms with Gasteiger partial charge in [0.05, 0.1) is 0 Å². The smallest absolute Gasteiger partial charge is 0.247 e. The number of aromatic nitrogens is 4. The van der Waals surface area contributed by atoms with Gasteiger partial charge in [-0.15, -0.1) is 10.2 Å². The molecule has 0 aliphatic rings. The number of nitrogens with zero attached hydrogens (tertiary/aromatic N) is 5. The monoisotopic (exact) mass is 502 g/mol. The molecular weight excluding hydrogens is 472 g/mol. The normalized spacial score (nSPS) is 12.2. The molecule has 4 aromatic rings. The first-order valence-electron chi connectivity index (χ1n) is 11.9. The fourth-order valence-electron chi connectivity index (χ4n) is 3.85. The lowest BCUT2D eigenvalue weighted by Gasteiger charge is -2.33. The predicted molar refractivity (Wildman–Crippen MR) is 136 cm³/mol. The number of rotatable bonds is 8. The largest absolute Gasteiger partial charge is 0.508 e. The average Bonchev–Trinajstić information content (AvgIpc) is 3.48. The molecule has 2 N–H and O–H groups in total. The molecule has 0 spiro atoms. The Hall–Kier alpha value is -4.47. The molecule has 2 aromatic carbocycles. The molecule has 0 saturated carbocycles. The first-order valence-corrected chi connectivity index (χ1v) is 11.9. The van der Waals surface area contributed by atoms with Gasteiger partial charge in [0.25, 0.3) is 0 Å². The van der Waals surface area contributed by atoms with Gasteiger partial charge in [-0.05, 0) is 68.3 Å². The lowest BCUT2D eigenvalue weighted by Crippen LogP contribution is -2.49. The van der Waals surface area contributed by atoms with Crippen LogP contribution in [0.1, 0.15) is 43.7 Å². The first kappa shape index (κ1) is 25.6. The lowest BCUT2D eigenvalue weighted by atomic mass is 10.0. The highest BCUT2D eigenvalue weighted by molar-refractivity contribution is 5.89. The van der Waals surface area contributed by atoms with Crippen LogP contribution in [-0.2, 0) is 22.7 Å². The van der Waals surface area contributed by atoms with E-state index in [2.05, 4.69) is 20.7 Å². The molecular formula is C27H30N6O4. The van der Waals surface area contributed by atoms with Crippen LogP contribution in [0.4, 0.5) is 0 Å². The Bertz CT molecular complexity index is 1360. The van der Waals surface area contributed by atoms with E-state index in [9.17, 15) is 14.7 Å². The maximum Gasteiger partial charge on any atom is 0.247 e. The summed E-state index contributed by atoms with van der Waals surface area (Å²) in [7, 11) is 0. The van der Waals surface area contributed by atoms with Crippen molar-refractivity contribution in [2.75, 3.05) is 0 Å². The van der Waals surface area contributed by atoms with Gasteiger partial charge in [-0.2, -0.15) is 4.80 Å². The number of aromatic hydroxyl groups is 1. The second-order valence-electron chi connectivity index (χ2n) is 9.79. The molecule has 0 bridgehead atoms. The highest BCUT2D eigenvalue weighted by Gasteiger charge is 2.34. The van der Waals surface area contributed by atoms with Crippen molar-refractivity contribution in [2.45, 2.75) is 52.4 Å². The van der Waals surface area contributed by atoms with Gasteiger partial charge in [-0.25, -0.2) is 0 Å². The summed E-state index contributed by atoms with van der Waals surface area (Å²) in [6.07, 6.45) is 0. The number of phenols is 1. The Morgan fingerprint density at radius 1 is 1.05 bits per heavy atom. The average molecular weight is 503 g/mol. The lowest BCUT2D eigenvalue weighted by molar-refractivity contribution is -0.143. The second-order valence-corrected chi connectivity index (χ2v) is 9.79. The van der Waals surface area contributed by atoms with Crippen molar-refractivity contribution in [1.29, 1.82) is 0 Å². The molecule has 4 rings (SSSR count). The van der Waals surface area contributed by atoms with Crippen LogP contribution in [0.3, 0.4) is 0 Å². The summed E-state index contributed by atoms with van der Waals surface area (Å²) >= 11 is 0. The molecule has 0 aliphatic carbocycles. The third kappa shape index (κ3) is 6.60. The van der Waals surface area contributed by atoms with Crippen LogP contribution < -0.4 is 5.32 Å². The minimum absolute atomic E-state index is 0.0622. The number of tetrazole rings is 1. The fourth-order valence-corrected chi connectivity index (χ4v) is 3.85. The summed E-state index contributed by atoms with van der Waals surface area (Å²) in [6, 6.07) is 18.2. The molecule has 1 atom stereocenters. The van der Waals surface area contributed by atoms with Crippen molar-refractivity contribution in [3.8, 4) is 17.3 Å². The van der Waals surface area contributed by atoms with Crippen molar-refractivity contribution >= 4 is 11.8 Å². The minimum atomic E-state index is -0.969. The molecule has 0 aliphatic heterocycles. The molecule has 10 heteroatoms. The van der Waals surface area contributed by atoms with Gasteiger partial charge in [0.15, 0.2) is 5.76 Å².